The standard InChI is InChI=1S/C29H42N4O2/c1-21-16-22(2)19-31(18-21)14-9-15-33-27(34)26-17-23-10-7-8-13-25(23)32(26)20-29(33,3)28(35)30-24-11-5-4-6-12-24/h7-8,10,13,17,21-22,24H,4-6,9,11-12,14-16,18-20H2,1-3H3,(H,30,35)/t21-,22+,29-/m1/s1. The van der Waals surface area contributed by atoms with Crippen LogP contribution in [0.25, 0.3) is 10.9 Å². The zero-order chi connectivity index (χ0) is 24.6. The summed E-state index contributed by atoms with van der Waals surface area (Å²) in [4.78, 5) is 32.2. The summed E-state index contributed by atoms with van der Waals surface area (Å²) in [6, 6.07) is 10.3. The molecular formula is C29H42N4O2. The van der Waals surface area contributed by atoms with E-state index in [1.54, 1.807) is 0 Å². The molecule has 35 heavy (non-hydrogen) atoms. The van der Waals surface area contributed by atoms with E-state index in [9.17, 15) is 9.59 Å². The minimum absolute atomic E-state index is 0.00129. The molecule has 0 radical (unpaired) electrons. The van der Waals surface area contributed by atoms with E-state index in [1.165, 1.54) is 25.7 Å². The van der Waals surface area contributed by atoms with Gasteiger partial charge < -0.3 is 19.7 Å². The monoisotopic (exact) mass is 478 g/mol. The molecule has 1 N–H and O–H groups in total. The Balaban J connectivity index is 1.38. The molecule has 2 amide bonds. The minimum Gasteiger partial charge on any atom is -0.351 e. The van der Waals surface area contributed by atoms with E-state index in [0.717, 1.165) is 61.6 Å². The average Bonchev–Trinajstić information content (AvgIpc) is 3.20. The van der Waals surface area contributed by atoms with Crippen LogP contribution >= 0.6 is 0 Å². The van der Waals surface area contributed by atoms with Crippen molar-refractivity contribution in [2.24, 2.45) is 11.8 Å². The van der Waals surface area contributed by atoms with Crippen LogP contribution in [0.4, 0.5) is 0 Å². The molecular weight excluding hydrogens is 436 g/mol. The van der Waals surface area contributed by atoms with Crippen molar-refractivity contribution >= 4 is 22.7 Å². The molecule has 3 heterocycles. The van der Waals surface area contributed by atoms with Crippen molar-refractivity contribution < 1.29 is 9.59 Å². The first-order chi connectivity index (χ1) is 16.8. The van der Waals surface area contributed by atoms with Crippen LogP contribution in [-0.4, -0.2) is 63.9 Å². The fraction of sp³-hybridized carbons (Fsp3) is 0.655. The first kappa shape index (κ1) is 24.4. The number of amides is 2. The SMILES string of the molecule is C[C@@H]1C[C@H](C)CN(CCCN2C(=O)c3cc4ccccc4n3C[C@]2(C)C(=O)NC2CCCCC2)C1. The maximum atomic E-state index is 13.9. The maximum Gasteiger partial charge on any atom is 0.271 e. The van der Waals surface area contributed by atoms with Gasteiger partial charge in [0.1, 0.15) is 11.2 Å². The van der Waals surface area contributed by atoms with E-state index in [1.807, 2.05) is 30.0 Å². The number of hydrogen-bond acceptors (Lipinski definition) is 3. The highest BCUT2D eigenvalue weighted by Gasteiger charge is 2.48. The molecule has 1 aromatic heterocycles. The number of carbonyl (C=O) groups excluding carboxylic acids is 2. The number of hydrogen-bond donors (Lipinski definition) is 1. The second kappa shape index (κ2) is 9.96. The van der Waals surface area contributed by atoms with Gasteiger partial charge in [0.25, 0.3) is 5.91 Å². The number of piperidine rings is 1. The molecule has 0 spiro atoms. The van der Waals surface area contributed by atoms with Crippen molar-refractivity contribution in [3.63, 3.8) is 0 Å². The van der Waals surface area contributed by atoms with Gasteiger partial charge >= 0.3 is 0 Å². The predicted octanol–water partition coefficient (Wildman–Crippen LogP) is 4.67. The van der Waals surface area contributed by atoms with Gasteiger partial charge in [0.2, 0.25) is 5.91 Å². The molecule has 1 saturated carbocycles. The number of para-hydroxylation sites is 1. The quantitative estimate of drug-likeness (QED) is 0.656. The summed E-state index contributed by atoms with van der Waals surface area (Å²) in [7, 11) is 0. The molecule has 6 nitrogen and oxygen atoms in total. The third-order valence-corrected chi connectivity index (χ3v) is 8.57. The highest BCUT2D eigenvalue weighted by molar-refractivity contribution is 6.03. The predicted molar refractivity (Wildman–Crippen MR) is 140 cm³/mol. The Morgan fingerprint density at radius 2 is 1.77 bits per heavy atom. The number of aromatic nitrogens is 1. The maximum absolute atomic E-state index is 13.9. The normalized spacial score (nSPS) is 28.3. The van der Waals surface area contributed by atoms with E-state index in [4.69, 9.17) is 0 Å². The molecule has 3 aliphatic rings. The fourth-order valence-corrected chi connectivity index (χ4v) is 6.87. The third kappa shape index (κ3) is 4.87. The smallest absolute Gasteiger partial charge is 0.271 e. The third-order valence-electron chi connectivity index (χ3n) is 8.57. The van der Waals surface area contributed by atoms with Crippen molar-refractivity contribution in [2.45, 2.75) is 83.8 Å². The lowest BCUT2D eigenvalue weighted by atomic mass is 9.91. The lowest BCUT2D eigenvalue weighted by molar-refractivity contribution is -0.133. The van der Waals surface area contributed by atoms with Crippen LogP contribution in [0.5, 0.6) is 0 Å². The van der Waals surface area contributed by atoms with E-state index in [0.29, 0.717) is 18.8 Å². The number of carbonyl (C=O) groups is 2. The summed E-state index contributed by atoms with van der Waals surface area (Å²) in [6.45, 7) is 11.0. The summed E-state index contributed by atoms with van der Waals surface area (Å²) in [6.07, 6.45) is 7.85. The van der Waals surface area contributed by atoms with Gasteiger partial charge in [0.05, 0.1) is 6.54 Å². The topological polar surface area (TPSA) is 57.6 Å². The number of nitrogens with zero attached hydrogens (tertiary/aromatic N) is 3. The van der Waals surface area contributed by atoms with Crippen molar-refractivity contribution in [1.29, 1.82) is 0 Å². The van der Waals surface area contributed by atoms with Crippen molar-refractivity contribution in [2.75, 3.05) is 26.2 Å². The highest BCUT2D eigenvalue weighted by Crippen LogP contribution is 2.33. The summed E-state index contributed by atoms with van der Waals surface area (Å²) < 4.78 is 2.07. The van der Waals surface area contributed by atoms with Gasteiger partial charge in [-0.25, -0.2) is 0 Å². The zero-order valence-corrected chi connectivity index (χ0v) is 21.8. The molecule has 3 atom stereocenters. The van der Waals surface area contributed by atoms with Crippen molar-refractivity contribution in [3.8, 4) is 0 Å². The summed E-state index contributed by atoms with van der Waals surface area (Å²) in [5.74, 6) is 1.42. The average molecular weight is 479 g/mol. The first-order valence-electron chi connectivity index (χ1n) is 13.8. The van der Waals surface area contributed by atoms with Crippen LogP contribution in [0.3, 0.4) is 0 Å². The van der Waals surface area contributed by atoms with E-state index >= 15 is 0 Å². The van der Waals surface area contributed by atoms with Crippen LogP contribution < -0.4 is 5.32 Å². The van der Waals surface area contributed by atoms with Gasteiger partial charge in [-0.3, -0.25) is 9.59 Å². The Bertz CT molecular complexity index is 1060. The Kier molecular flexibility index (Phi) is 6.93. The molecule has 6 heteroatoms. The van der Waals surface area contributed by atoms with Gasteiger partial charge in [0, 0.05) is 36.6 Å². The number of benzene rings is 1. The van der Waals surface area contributed by atoms with Crippen molar-refractivity contribution in [3.05, 3.63) is 36.0 Å². The molecule has 5 rings (SSSR count). The first-order valence-corrected chi connectivity index (χ1v) is 13.8. The molecule has 2 aliphatic heterocycles. The second-order valence-electron chi connectivity index (χ2n) is 11.8. The zero-order valence-electron chi connectivity index (χ0n) is 21.8. The highest BCUT2D eigenvalue weighted by atomic mass is 16.2. The summed E-state index contributed by atoms with van der Waals surface area (Å²) in [5.41, 5.74) is 0.837. The molecule has 1 aromatic carbocycles. The van der Waals surface area contributed by atoms with Gasteiger partial charge in [0.15, 0.2) is 0 Å². The van der Waals surface area contributed by atoms with Gasteiger partial charge in [-0.05, 0) is 63.1 Å². The summed E-state index contributed by atoms with van der Waals surface area (Å²) >= 11 is 0. The van der Waals surface area contributed by atoms with Gasteiger partial charge in [-0.2, -0.15) is 0 Å². The van der Waals surface area contributed by atoms with Crippen LogP contribution in [0.2, 0.25) is 0 Å². The van der Waals surface area contributed by atoms with Crippen LogP contribution in [-0.2, 0) is 11.3 Å². The molecule has 2 aromatic rings. The Morgan fingerprint density at radius 1 is 1.06 bits per heavy atom. The fourth-order valence-electron chi connectivity index (χ4n) is 6.87. The van der Waals surface area contributed by atoms with Crippen molar-refractivity contribution in [1.82, 2.24) is 19.7 Å². The number of nitrogens with one attached hydrogen (secondary N) is 1. The number of likely N-dealkylation sites (tertiary alicyclic amines) is 1. The van der Waals surface area contributed by atoms with Crippen LogP contribution in [0.1, 0.15) is 76.2 Å². The Labute approximate surface area is 210 Å². The van der Waals surface area contributed by atoms with Crippen LogP contribution in [0, 0.1) is 11.8 Å². The minimum atomic E-state index is -0.897. The molecule has 1 saturated heterocycles. The lowest BCUT2D eigenvalue weighted by Crippen LogP contribution is -2.65. The molecule has 1 aliphatic carbocycles. The molecule has 0 unspecified atom stereocenters. The summed E-state index contributed by atoms with van der Waals surface area (Å²) in [5, 5.41) is 4.40. The number of rotatable bonds is 6. The number of fused-ring (bicyclic) bond motifs is 3. The van der Waals surface area contributed by atoms with E-state index < -0.39 is 5.54 Å². The Morgan fingerprint density at radius 3 is 2.51 bits per heavy atom. The second-order valence-corrected chi connectivity index (χ2v) is 11.8. The molecule has 0 bridgehead atoms. The van der Waals surface area contributed by atoms with Crippen LogP contribution in [0.15, 0.2) is 30.3 Å². The van der Waals surface area contributed by atoms with E-state index in [-0.39, 0.29) is 17.9 Å². The van der Waals surface area contributed by atoms with Gasteiger partial charge in [-0.15, -0.1) is 0 Å². The Hall–Kier alpha value is -2.34. The lowest BCUT2D eigenvalue weighted by Gasteiger charge is -2.45. The van der Waals surface area contributed by atoms with Gasteiger partial charge in [-0.1, -0.05) is 51.3 Å². The largest absolute Gasteiger partial charge is 0.351 e. The molecule has 2 fully saturated rings. The van der Waals surface area contributed by atoms with E-state index in [2.05, 4.69) is 40.8 Å². The molecule has 190 valence electrons.